The quantitative estimate of drug-likeness (QED) is 0.342. The molecule has 0 heterocycles. The van der Waals surface area contributed by atoms with Crippen molar-refractivity contribution in [1.29, 1.82) is 0 Å². The van der Waals surface area contributed by atoms with Gasteiger partial charge in [0, 0.05) is 0 Å². The molecule has 0 amide bonds. The number of unbranched alkanes of at least 4 members (excludes halogenated alkanes) is 1. The van der Waals surface area contributed by atoms with Gasteiger partial charge < -0.3 is 4.74 Å². The van der Waals surface area contributed by atoms with Crippen molar-refractivity contribution in [3.8, 4) is 5.75 Å². The number of ether oxygens (including phenoxy) is 1. The number of halogens is 2. The molecule has 0 bridgehead atoms. The first-order valence-corrected chi connectivity index (χ1v) is 9.39. The summed E-state index contributed by atoms with van der Waals surface area (Å²) in [6, 6.07) is 6.78. The van der Waals surface area contributed by atoms with Gasteiger partial charge in [0.15, 0.2) is 0 Å². The van der Waals surface area contributed by atoms with Gasteiger partial charge in [-0.1, -0.05) is 35.9 Å². The van der Waals surface area contributed by atoms with Crippen molar-refractivity contribution >= 4 is 0 Å². The highest BCUT2D eigenvalue weighted by molar-refractivity contribution is 5.26. The SMILES string of the molecule is C=CCC/C=C/C1CCC(CCC(F)(F)Oc2ccc(C)cc2)CC1. The van der Waals surface area contributed by atoms with Crippen molar-refractivity contribution < 1.29 is 13.5 Å². The highest BCUT2D eigenvalue weighted by atomic mass is 19.3. The Bertz CT molecular complexity index is 540. The zero-order chi connectivity index (χ0) is 18.1. The standard InChI is InChI=1S/C22H30F2O/c1-3-4-5-6-7-19-10-12-20(13-11-19)16-17-22(23,24)25-21-14-8-18(2)9-15-21/h3,6-9,14-15,19-20H,1,4-5,10-13,16-17H2,2H3/b7-6+. The van der Waals surface area contributed by atoms with E-state index in [0.717, 1.165) is 44.1 Å². The van der Waals surface area contributed by atoms with E-state index in [4.69, 9.17) is 4.74 Å². The van der Waals surface area contributed by atoms with Crippen molar-refractivity contribution in [3.05, 3.63) is 54.6 Å². The highest BCUT2D eigenvalue weighted by Gasteiger charge is 2.33. The van der Waals surface area contributed by atoms with E-state index in [1.165, 1.54) is 0 Å². The zero-order valence-corrected chi connectivity index (χ0v) is 15.2. The predicted octanol–water partition coefficient (Wildman–Crippen LogP) is 7.08. The second-order valence-electron chi connectivity index (χ2n) is 7.17. The zero-order valence-electron chi connectivity index (χ0n) is 15.2. The van der Waals surface area contributed by atoms with Crippen LogP contribution in [0.1, 0.15) is 56.9 Å². The van der Waals surface area contributed by atoms with E-state index in [9.17, 15) is 8.78 Å². The number of benzene rings is 1. The Hall–Kier alpha value is -1.64. The molecule has 0 aromatic heterocycles. The van der Waals surface area contributed by atoms with Gasteiger partial charge in [-0.25, -0.2) is 0 Å². The maximum Gasteiger partial charge on any atom is 0.397 e. The number of rotatable bonds is 9. The number of hydrogen-bond donors (Lipinski definition) is 0. The van der Waals surface area contributed by atoms with Crippen LogP contribution in [0, 0.1) is 18.8 Å². The van der Waals surface area contributed by atoms with E-state index in [2.05, 4.69) is 18.7 Å². The van der Waals surface area contributed by atoms with Crippen LogP contribution in [0.4, 0.5) is 8.78 Å². The molecule has 0 unspecified atom stereocenters. The predicted molar refractivity (Wildman–Crippen MR) is 100 cm³/mol. The molecule has 1 aliphatic carbocycles. The molecule has 0 aliphatic heterocycles. The summed E-state index contributed by atoms with van der Waals surface area (Å²) in [5, 5.41) is 0. The van der Waals surface area contributed by atoms with Gasteiger partial charge in [0.1, 0.15) is 5.75 Å². The van der Waals surface area contributed by atoms with Gasteiger partial charge in [-0.05, 0) is 75.8 Å². The first-order chi connectivity index (χ1) is 12.0. The molecule has 1 aromatic carbocycles. The second-order valence-corrected chi connectivity index (χ2v) is 7.17. The molecule has 1 aromatic rings. The van der Waals surface area contributed by atoms with Crippen LogP contribution in [-0.4, -0.2) is 6.11 Å². The third kappa shape index (κ3) is 7.41. The largest absolute Gasteiger partial charge is 0.433 e. The van der Waals surface area contributed by atoms with Crippen LogP contribution < -0.4 is 4.74 Å². The summed E-state index contributed by atoms with van der Waals surface area (Å²) in [5.41, 5.74) is 1.03. The van der Waals surface area contributed by atoms with Crippen LogP contribution in [0.25, 0.3) is 0 Å². The van der Waals surface area contributed by atoms with Gasteiger partial charge in [-0.3, -0.25) is 0 Å². The summed E-state index contributed by atoms with van der Waals surface area (Å²) in [4.78, 5) is 0. The summed E-state index contributed by atoms with van der Waals surface area (Å²) in [5.74, 6) is 1.25. The maximum atomic E-state index is 14.0. The average Bonchev–Trinajstić information content (AvgIpc) is 2.60. The third-order valence-corrected chi connectivity index (χ3v) is 4.97. The maximum absolute atomic E-state index is 14.0. The lowest BCUT2D eigenvalue weighted by molar-refractivity contribution is -0.183. The Kier molecular flexibility index (Phi) is 7.67. The smallest absolute Gasteiger partial charge is 0.397 e. The highest BCUT2D eigenvalue weighted by Crippen LogP contribution is 2.35. The van der Waals surface area contributed by atoms with Crippen LogP contribution in [0.5, 0.6) is 5.75 Å². The summed E-state index contributed by atoms with van der Waals surface area (Å²) >= 11 is 0. The first-order valence-electron chi connectivity index (χ1n) is 9.39. The van der Waals surface area contributed by atoms with Gasteiger partial charge in [-0.2, -0.15) is 8.78 Å². The Morgan fingerprint density at radius 2 is 1.80 bits per heavy atom. The lowest BCUT2D eigenvalue weighted by Gasteiger charge is -2.28. The summed E-state index contributed by atoms with van der Waals surface area (Å²) in [6.45, 7) is 5.64. The van der Waals surface area contributed by atoms with E-state index < -0.39 is 6.11 Å². The fourth-order valence-electron chi connectivity index (χ4n) is 3.37. The summed E-state index contributed by atoms with van der Waals surface area (Å²) < 4.78 is 33.0. The van der Waals surface area contributed by atoms with Crippen molar-refractivity contribution in [2.75, 3.05) is 0 Å². The Labute approximate surface area is 150 Å². The van der Waals surface area contributed by atoms with Gasteiger partial charge >= 0.3 is 6.11 Å². The molecule has 2 rings (SSSR count). The fourth-order valence-corrected chi connectivity index (χ4v) is 3.37. The van der Waals surface area contributed by atoms with Gasteiger partial charge in [-0.15, -0.1) is 6.58 Å². The molecule has 3 heteroatoms. The van der Waals surface area contributed by atoms with E-state index in [0.29, 0.717) is 18.3 Å². The van der Waals surface area contributed by atoms with Crippen LogP contribution in [0.2, 0.25) is 0 Å². The fraction of sp³-hybridized carbons (Fsp3) is 0.545. The lowest BCUT2D eigenvalue weighted by atomic mass is 9.80. The minimum atomic E-state index is -3.09. The van der Waals surface area contributed by atoms with Crippen LogP contribution >= 0.6 is 0 Å². The normalized spacial score (nSPS) is 21.4. The molecular formula is C22H30F2O. The third-order valence-electron chi connectivity index (χ3n) is 4.97. The Balaban J connectivity index is 1.69. The van der Waals surface area contributed by atoms with Crippen molar-refractivity contribution in [1.82, 2.24) is 0 Å². The number of hydrogen-bond acceptors (Lipinski definition) is 1. The van der Waals surface area contributed by atoms with Gasteiger partial charge in [0.2, 0.25) is 0 Å². The molecule has 0 spiro atoms. The monoisotopic (exact) mass is 348 g/mol. The summed E-state index contributed by atoms with van der Waals surface area (Å²) in [6.07, 6.45) is 10.1. The van der Waals surface area contributed by atoms with Crippen molar-refractivity contribution in [3.63, 3.8) is 0 Å². The Morgan fingerprint density at radius 1 is 1.12 bits per heavy atom. The van der Waals surface area contributed by atoms with E-state index in [1.807, 2.05) is 13.0 Å². The minimum absolute atomic E-state index is 0.203. The lowest BCUT2D eigenvalue weighted by Crippen LogP contribution is -2.26. The van der Waals surface area contributed by atoms with Gasteiger partial charge in [0.25, 0.3) is 0 Å². The molecule has 1 saturated carbocycles. The van der Waals surface area contributed by atoms with E-state index in [-0.39, 0.29) is 12.2 Å². The molecule has 0 radical (unpaired) electrons. The van der Waals surface area contributed by atoms with E-state index in [1.54, 1.807) is 24.3 Å². The molecular weight excluding hydrogens is 318 g/mol. The molecule has 0 saturated heterocycles. The van der Waals surface area contributed by atoms with Gasteiger partial charge in [0.05, 0.1) is 6.42 Å². The molecule has 1 aliphatic rings. The van der Waals surface area contributed by atoms with Crippen molar-refractivity contribution in [2.45, 2.75) is 64.4 Å². The first kappa shape index (κ1) is 19.7. The average molecular weight is 348 g/mol. The van der Waals surface area contributed by atoms with E-state index >= 15 is 0 Å². The van der Waals surface area contributed by atoms with Crippen LogP contribution in [0.3, 0.4) is 0 Å². The summed E-state index contributed by atoms with van der Waals surface area (Å²) in [7, 11) is 0. The molecule has 1 fully saturated rings. The minimum Gasteiger partial charge on any atom is -0.433 e. The topological polar surface area (TPSA) is 9.23 Å². The molecule has 0 N–H and O–H groups in total. The van der Waals surface area contributed by atoms with Crippen LogP contribution in [-0.2, 0) is 0 Å². The second kappa shape index (κ2) is 9.74. The molecule has 0 atom stereocenters. The Morgan fingerprint density at radius 3 is 2.44 bits per heavy atom. The molecule has 1 nitrogen and oxygen atoms in total. The van der Waals surface area contributed by atoms with Crippen LogP contribution in [0.15, 0.2) is 49.1 Å². The number of allylic oxidation sites excluding steroid dienone is 3. The number of aryl methyl sites for hydroxylation is 1. The molecule has 138 valence electrons. The van der Waals surface area contributed by atoms with Crippen molar-refractivity contribution in [2.24, 2.45) is 11.8 Å². The number of alkyl halides is 2. The molecule has 25 heavy (non-hydrogen) atoms.